The molecular formula is C14H23NO3S. The first kappa shape index (κ1) is 16.0. The van der Waals surface area contributed by atoms with E-state index in [4.69, 9.17) is 10.5 Å². The number of hydrogen-bond acceptors (Lipinski definition) is 4. The molecule has 0 bridgehead atoms. The molecule has 2 N–H and O–H groups in total. The zero-order valence-corrected chi connectivity index (χ0v) is 12.6. The van der Waals surface area contributed by atoms with Gasteiger partial charge in [-0.15, -0.1) is 0 Å². The van der Waals surface area contributed by atoms with Gasteiger partial charge in [0.05, 0.1) is 11.0 Å². The normalized spacial score (nSPS) is 13.5. The molecule has 1 rings (SSSR count). The van der Waals surface area contributed by atoms with Gasteiger partial charge in [-0.25, -0.2) is 8.42 Å². The Labute approximate surface area is 115 Å². The highest BCUT2D eigenvalue weighted by atomic mass is 32.2. The predicted octanol–water partition coefficient (Wildman–Crippen LogP) is 2.30. The monoisotopic (exact) mass is 285 g/mol. The van der Waals surface area contributed by atoms with Crippen LogP contribution in [0.25, 0.3) is 0 Å². The maximum atomic E-state index is 11.7. The molecule has 0 radical (unpaired) electrons. The molecule has 0 spiro atoms. The Balaban J connectivity index is 2.69. The van der Waals surface area contributed by atoms with Crippen molar-refractivity contribution in [2.24, 2.45) is 5.73 Å². The average molecular weight is 285 g/mol. The van der Waals surface area contributed by atoms with Gasteiger partial charge in [-0.1, -0.05) is 25.1 Å². The molecule has 0 saturated carbocycles. The standard InChI is InChI=1S/C14H23NO3S/c1-4-13(15)12-7-5-6-8-14(12)18-9-10-19(16,17)11(2)3/h5-8,11,13H,4,9-10,15H2,1-3H3/t13-/m1/s1. The van der Waals surface area contributed by atoms with Crippen molar-refractivity contribution < 1.29 is 13.2 Å². The van der Waals surface area contributed by atoms with Crippen LogP contribution in [0.15, 0.2) is 24.3 Å². The van der Waals surface area contributed by atoms with Crippen molar-refractivity contribution in [1.82, 2.24) is 0 Å². The quantitative estimate of drug-likeness (QED) is 0.834. The van der Waals surface area contributed by atoms with E-state index in [2.05, 4.69) is 0 Å². The number of benzene rings is 1. The number of hydrogen-bond donors (Lipinski definition) is 1. The minimum Gasteiger partial charge on any atom is -0.492 e. The first-order valence-corrected chi connectivity index (χ1v) is 8.29. The molecule has 0 fully saturated rings. The van der Waals surface area contributed by atoms with E-state index >= 15 is 0 Å². The van der Waals surface area contributed by atoms with Crippen LogP contribution in [-0.4, -0.2) is 26.0 Å². The van der Waals surface area contributed by atoms with Crippen LogP contribution in [0.2, 0.25) is 0 Å². The van der Waals surface area contributed by atoms with Gasteiger partial charge in [0.15, 0.2) is 9.84 Å². The molecule has 1 atom stereocenters. The summed E-state index contributed by atoms with van der Waals surface area (Å²) in [7, 11) is -3.06. The van der Waals surface area contributed by atoms with E-state index < -0.39 is 9.84 Å². The van der Waals surface area contributed by atoms with Crippen molar-refractivity contribution in [3.05, 3.63) is 29.8 Å². The van der Waals surface area contributed by atoms with Crippen LogP contribution < -0.4 is 10.5 Å². The summed E-state index contributed by atoms with van der Waals surface area (Å²) in [6.07, 6.45) is 0.810. The Morgan fingerprint density at radius 2 is 1.89 bits per heavy atom. The van der Waals surface area contributed by atoms with Gasteiger partial charge in [-0.2, -0.15) is 0 Å². The lowest BCUT2D eigenvalue weighted by Crippen LogP contribution is -2.22. The fourth-order valence-electron chi connectivity index (χ4n) is 1.64. The van der Waals surface area contributed by atoms with Gasteiger partial charge in [0, 0.05) is 11.6 Å². The van der Waals surface area contributed by atoms with Gasteiger partial charge < -0.3 is 10.5 Å². The van der Waals surface area contributed by atoms with Crippen LogP contribution in [0.5, 0.6) is 5.75 Å². The molecule has 0 amide bonds. The van der Waals surface area contributed by atoms with E-state index in [9.17, 15) is 8.42 Å². The van der Waals surface area contributed by atoms with E-state index in [1.165, 1.54) is 0 Å². The molecule has 0 aliphatic rings. The SMILES string of the molecule is CC[C@@H](N)c1ccccc1OCCS(=O)(=O)C(C)C. The molecule has 0 unspecified atom stereocenters. The van der Waals surface area contributed by atoms with Gasteiger partial charge >= 0.3 is 0 Å². The molecule has 4 nitrogen and oxygen atoms in total. The summed E-state index contributed by atoms with van der Waals surface area (Å²) in [5.74, 6) is 0.705. The van der Waals surface area contributed by atoms with Crippen LogP contribution >= 0.6 is 0 Å². The largest absolute Gasteiger partial charge is 0.492 e. The maximum absolute atomic E-state index is 11.7. The van der Waals surface area contributed by atoms with Gasteiger partial charge in [-0.3, -0.25) is 0 Å². The predicted molar refractivity (Wildman–Crippen MR) is 78.1 cm³/mol. The van der Waals surface area contributed by atoms with Gasteiger partial charge in [0.2, 0.25) is 0 Å². The summed E-state index contributed by atoms with van der Waals surface area (Å²) >= 11 is 0. The highest BCUT2D eigenvalue weighted by Crippen LogP contribution is 2.25. The Morgan fingerprint density at radius 3 is 2.47 bits per heavy atom. The molecule has 0 aliphatic carbocycles. The number of para-hydroxylation sites is 1. The van der Waals surface area contributed by atoms with Crippen molar-refractivity contribution in [3.8, 4) is 5.75 Å². The third kappa shape index (κ3) is 4.51. The van der Waals surface area contributed by atoms with Gasteiger partial charge in [0.1, 0.15) is 12.4 Å². The smallest absolute Gasteiger partial charge is 0.155 e. The molecule has 1 aromatic rings. The van der Waals surface area contributed by atoms with Crippen LogP contribution in [0.1, 0.15) is 38.8 Å². The molecule has 1 aromatic carbocycles. The van der Waals surface area contributed by atoms with Crippen LogP contribution in [0.3, 0.4) is 0 Å². The van der Waals surface area contributed by atoms with Crippen LogP contribution in [-0.2, 0) is 9.84 Å². The van der Waals surface area contributed by atoms with Gasteiger partial charge in [-0.05, 0) is 26.3 Å². The first-order chi connectivity index (χ1) is 8.88. The minimum absolute atomic E-state index is 0.0281. The van der Waals surface area contributed by atoms with Crippen molar-refractivity contribution >= 4 is 9.84 Å². The highest BCUT2D eigenvalue weighted by Gasteiger charge is 2.16. The van der Waals surface area contributed by atoms with Crippen LogP contribution in [0, 0.1) is 0 Å². The van der Waals surface area contributed by atoms with Crippen molar-refractivity contribution in [2.75, 3.05) is 12.4 Å². The zero-order valence-electron chi connectivity index (χ0n) is 11.8. The number of rotatable bonds is 7. The molecular weight excluding hydrogens is 262 g/mol. The molecule has 19 heavy (non-hydrogen) atoms. The van der Waals surface area contributed by atoms with Crippen molar-refractivity contribution in [1.29, 1.82) is 0 Å². The Hall–Kier alpha value is -1.07. The topological polar surface area (TPSA) is 69.4 Å². The van der Waals surface area contributed by atoms with E-state index in [0.29, 0.717) is 5.75 Å². The molecule has 5 heteroatoms. The fourth-order valence-corrected chi connectivity index (χ4v) is 2.43. The Kier molecular flexibility index (Phi) is 5.82. The highest BCUT2D eigenvalue weighted by molar-refractivity contribution is 7.91. The summed E-state index contributed by atoms with van der Waals surface area (Å²) in [6, 6.07) is 7.42. The summed E-state index contributed by atoms with van der Waals surface area (Å²) < 4.78 is 29.0. The Bertz CT molecular complexity index is 497. The van der Waals surface area contributed by atoms with E-state index in [1.807, 2.05) is 31.2 Å². The summed E-state index contributed by atoms with van der Waals surface area (Å²) in [6.45, 7) is 5.52. The molecule has 108 valence electrons. The first-order valence-electron chi connectivity index (χ1n) is 6.57. The molecule has 0 heterocycles. The summed E-state index contributed by atoms with van der Waals surface area (Å²) in [4.78, 5) is 0. The van der Waals surface area contributed by atoms with Crippen molar-refractivity contribution in [2.45, 2.75) is 38.5 Å². The maximum Gasteiger partial charge on any atom is 0.155 e. The summed E-state index contributed by atoms with van der Waals surface area (Å²) in [5, 5.41) is -0.371. The number of sulfone groups is 1. The lowest BCUT2D eigenvalue weighted by atomic mass is 10.0. The lowest BCUT2D eigenvalue weighted by molar-refractivity contribution is 0.334. The second kappa shape index (κ2) is 6.91. The zero-order chi connectivity index (χ0) is 14.5. The third-order valence-electron chi connectivity index (χ3n) is 3.10. The molecule has 0 aromatic heterocycles. The lowest BCUT2D eigenvalue weighted by Gasteiger charge is -2.16. The summed E-state index contributed by atoms with van der Waals surface area (Å²) in [5.41, 5.74) is 6.93. The molecule has 0 aliphatic heterocycles. The van der Waals surface area contributed by atoms with E-state index in [0.717, 1.165) is 12.0 Å². The second-order valence-electron chi connectivity index (χ2n) is 4.82. The van der Waals surface area contributed by atoms with Crippen LogP contribution in [0.4, 0.5) is 0 Å². The average Bonchev–Trinajstić information content (AvgIpc) is 2.38. The van der Waals surface area contributed by atoms with Crippen molar-refractivity contribution in [3.63, 3.8) is 0 Å². The molecule has 0 saturated heterocycles. The third-order valence-corrected chi connectivity index (χ3v) is 5.27. The van der Waals surface area contributed by atoms with E-state index in [-0.39, 0.29) is 23.7 Å². The van der Waals surface area contributed by atoms with E-state index in [1.54, 1.807) is 13.8 Å². The number of ether oxygens (including phenoxy) is 1. The number of nitrogens with two attached hydrogens (primary N) is 1. The second-order valence-corrected chi connectivity index (χ2v) is 7.49. The van der Waals surface area contributed by atoms with Gasteiger partial charge in [0.25, 0.3) is 0 Å². The fraction of sp³-hybridized carbons (Fsp3) is 0.571. The Morgan fingerprint density at radius 1 is 1.26 bits per heavy atom. The minimum atomic E-state index is -3.06.